The highest BCUT2D eigenvalue weighted by Gasteiger charge is 2.46. The number of hydrogen-bond donors (Lipinski definition) is 2. The van der Waals surface area contributed by atoms with Gasteiger partial charge in [-0.1, -0.05) is 26.2 Å². The van der Waals surface area contributed by atoms with E-state index >= 15 is 0 Å². The summed E-state index contributed by atoms with van der Waals surface area (Å²) < 4.78 is 0. The summed E-state index contributed by atoms with van der Waals surface area (Å²) in [4.78, 5) is 12.0. The van der Waals surface area contributed by atoms with Gasteiger partial charge in [0.15, 0.2) is 0 Å². The lowest BCUT2D eigenvalue weighted by atomic mass is 9.62. The molecular weight excluding hydrogens is 200 g/mol. The highest BCUT2D eigenvalue weighted by atomic mass is 16.2. The molecule has 0 aromatic carbocycles. The van der Waals surface area contributed by atoms with Crippen molar-refractivity contribution in [3.05, 3.63) is 0 Å². The Bertz CT molecular complexity index is 255. The molecule has 0 saturated heterocycles. The topological polar surface area (TPSA) is 55.1 Å². The van der Waals surface area contributed by atoms with Gasteiger partial charge >= 0.3 is 0 Å². The van der Waals surface area contributed by atoms with Crippen LogP contribution in [0, 0.1) is 17.3 Å². The van der Waals surface area contributed by atoms with Crippen molar-refractivity contribution in [3.63, 3.8) is 0 Å². The van der Waals surface area contributed by atoms with Gasteiger partial charge in [-0.05, 0) is 31.1 Å². The van der Waals surface area contributed by atoms with Crippen molar-refractivity contribution in [1.82, 2.24) is 5.32 Å². The molecule has 0 aromatic rings. The summed E-state index contributed by atoms with van der Waals surface area (Å²) in [6.45, 7) is 3.54. The molecule has 0 spiro atoms. The number of carbonyl (C=O) groups is 1. The Morgan fingerprint density at radius 2 is 2.12 bits per heavy atom. The Labute approximate surface area is 98.2 Å². The normalized spacial score (nSPS) is 34.0. The first-order valence-electron chi connectivity index (χ1n) is 6.65. The smallest absolute Gasteiger partial charge is 0.227 e. The van der Waals surface area contributed by atoms with Crippen LogP contribution in [0.1, 0.15) is 45.4 Å². The lowest BCUT2D eigenvalue weighted by molar-refractivity contribution is -0.138. The SMILES string of the molecule is CC1CC(CN)(C(=O)NCCC2CCC2)C1. The van der Waals surface area contributed by atoms with E-state index in [2.05, 4.69) is 12.2 Å². The van der Waals surface area contributed by atoms with E-state index in [-0.39, 0.29) is 11.3 Å². The summed E-state index contributed by atoms with van der Waals surface area (Å²) in [6, 6.07) is 0. The molecule has 2 fully saturated rings. The lowest BCUT2D eigenvalue weighted by Crippen LogP contribution is -2.53. The van der Waals surface area contributed by atoms with E-state index in [0.29, 0.717) is 12.5 Å². The molecule has 2 aliphatic rings. The van der Waals surface area contributed by atoms with Gasteiger partial charge in [-0.15, -0.1) is 0 Å². The Hall–Kier alpha value is -0.570. The van der Waals surface area contributed by atoms with Gasteiger partial charge in [0.05, 0.1) is 5.41 Å². The van der Waals surface area contributed by atoms with Crippen molar-refractivity contribution < 1.29 is 4.79 Å². The molecule has 2 saturated carbocycles. The highest BCUT2D eigenvalue weighted by Crippen LogP contribution is 2.44. The second kappa shape index (κ2) is 4.74. The molecule has 0 bridgehead atoms. The second-order valence-electron chi connectivity index (χ2n) is 5.84. The number of carbonyl (C=O) groups excluding carboxylic acids is 1. The molecular formula is C13H24N2O. The van der Waals surface area contributed by atoms with Crippen molar-refractivity contribution in [1.29, 1.82) is 0 Å². The minimum atomic E-state index is -0.223. The van der Waals surface area contributed by atoms with Gasteiger partial charge in [-0.2, -0.15) is 0 Å². The van der Waals surface area contributed by atoms with Crippen LogP contribution in [0.15, 0.2) is 0 Å². The van der Waals surface area contributed by atoms with Crippen molar-refractivity contribution in [2.24, 2.45) is 23.0 Å². The van der Waals surface area contributed by atoms with Gasteiger partial charge in [0.1, 0.15) is 0 Å². The van der Waals surface area contributed by atoms with Gasteiger partial charge in [0, 0.05) is 13.1 Å². The molecule has 3 N–H and O–H groups in total. The average Bonchev–Trinajstić information content (AvgIpc) is 2.16. The summed E-state index contributed by atoms with van der Waals surface area (Å²) in [5.41, 5.74) is 5.52. The predicted molar refractivity (Wildman–Crippen MR) is 64.9 cm³/mol. The lowest BCUT2D eigenvalue weighted by Gasteiger charge is -2.44. The van der Waals surface area contributed by atoms with Gasteiger partial charge in [0.2, 0.25) is 5.91 Å². The number of hydrogen-bond acceptors (Lipinski definition) is 2. The zero-order valence-electron chi connectivity index (χ0n) is 10.3. The number of nitrogens with one attached hydrogen (secondary N) is 1. The van der Waals surface area contributed by atoms with Crippen LogP contribution < -0.4 is 11.1 Å². The summed E-state index contributed by atoms with van der Waals surface area (Å²) in [5.74, 6) is 1.74. The molecule has 3 nitrogen and oxygen atoms in total. The largest absolute Gasteiger partial charge is 0.356 e. The highest BCUT2D eigenvalue weighted by molar-refractivity contribution is 5.83. The fourth-order valence-corrected chi connectivity index (χ4v) is 3.08. The summed E-state index contributed by atoms with van der Waals surface area (Å²) in [6.07, 6.45) is 7.19. The van der Waals surface area contributed by atoms with Crippen molar-refractivity contribution >= 4 is 5.91 Å². The van der Waals surface area contributed by atoms with Gasteiger partial charge < -0.3 is 11.1 Å². The van der Waals surface area contributed by atoms with Gasteiger partial charge in [-0.3, -0.25) is 4.79 Å². The third kappa shape index (κ3) is 2.24. The van der Waals surface area contributed by atoms with E-state index in [1.54, 1.807) is 0 Å². The predicted octanol–water partition coefficient (Wildman–Crippen LogP) is 1.67. The first-order valence-corrected chi connectivity index (χ1v) is 6.65. The molecule has 92 valence electrons. The molecule has 0 aromatic heterocycles. The molecule has 2 rings (SSSR count). The fourth-order valence-electron chi connectivity index (χ4n) is 3.08. The molecule has 0 heterocycles. The molecule has 0 aliphatic heterocycles. The van der Waals surface area contributed by atoms with Crippen LogP contribution in [0.2, 0.25) is 0 Å². The Kier molecular flexibility index (Phi) is 3.53. The monoisotopic (exact) mass is 224 g/mol. The molecule has 0 atom stereocenters. The van der Waals surface area contributed by atoms with Crippen LogP contribution in [-0.4, -0.2) is 19.0 Å². The van der Waals surface area contributed by atoms with Crippen LogP contribution in [0.25, 0.3) is 0 Å². The standard InChI is InChI=1S/C13H24N2O/c1-10-7-13(8-10,9-14)12(16)15-6-5-11-3-2-4-11/h10-11H,2-9,14H2,1H3,(H,15,16). The van der Waals surface area contributed by atoms with E-state index < -0.39 is 0 Å². The van der Waals surface area contributed by atoms with Crippen LogP contribution in [0.5, 0.6) is 0 Å². The third-order valence-electron chi connectivity index (χ3n) is 4.41. The minimum absolute atomic E-state index is 0.201. The zero-order chi connectivity index (χ0) is 11.6. The first kappa shape index (κ1) is 11.9. The maximum atomic E-state index is 12.0. The molecule has 0 unspecified atom stereocenters. The maximum Gasteiger partial charge on any atom is 0.227 e. The average molecular weight is 224 g/mol. The number of rotatable bonds is 5. The van der Waals surface area contributed by atoms with Crippen molar-refractivity contribution in [2.75, 3.05) is 13.1 Å². The van der Waals surface area contributed by atoms with Crippen molar-refractivity contribution in [2.45, 2.75) is 45.4 Å². The van der Waals surface area contributed by atoms with Crippen LogP contribution >= 0.6 is 0 Å². The summed E-state index contributed by atoms with van der Waals surface area (Å²) in [5, 5.41) is 3.08. The summed E-state index contributed by atoms with van der Waals surface area (Å²) >= 11 is 0. The first-order chi connectivity index (χ1) is 7.66. The Morgan fingerprint density at radius 1 is 1.44 bits per heavy atom. The number of amides is 1. The second-order valence-corrected chi connectivity index (χ2v) is 5.84. The molecule has 2 aliphatic carbocycles. The van der Waals surface area contributed by atoms with E-state index in [1.165, 1.54) is 19.3 Å². The van der Waals surface area contributed by atoms with E-state index in [4.69, 9.17) is 5.73 Å². The molecule has 16 heavy (non-hydrogen) atoms. The van der Waals surface area contributed by atoms with Crippen LogP contribution in [0.3, 0.4) is 0 Å². The van der Waals surface area contributed by atoms with Crippen molar-refractivity contribution in [3.8, 4) is 0 Å². The van der Waals surface area contributed by atoms with E-state index in [0.717, 1.165) is 31.7 Å². The maximum absolute atomic E-state index is 12.0. The fraction of sp³-hybridized carbons (Fsp3) is 0.923. The molecule has 3 heteroatoms. The van der Waals surface area contributed by atoms with Gasteiger partial charge in [-0.25, -0.2) is 0 Å². The van der Waals surface area contributed by atoms with Crippen LogP contribution in [0.4, 0.5) is 0 Å². The Morgan fingerprint density at radius 3 is 2.56 bits per heavy atom. The quantitative estimate of drug-likeness (QED) is 0.746. The molecule has 0 radical (unpaired) electrons. The molecule has 1 amide bonds. The van der Waals surface area contributed by atoms with Crippen LogP contribution in [-0.2, 0) is 4.79 Å². The van der Waals surface area contributed by atoms with E-state index in [9.17, 15) is 4.79 Å². The zero-order valence-corrected chi connectivity index (χ0v) is 10.3. The summed E-state index contributed by atoms with van der Waals surface area (Å²) in [7, 11) is 0. The van der Waals surface area contributed by atoms with Gasteiger partial charge in [0.25, 0.3) is 0 Å². The minimum Gasteiger partial charge on any atom is -0.356 e. The third-order valence-corrected chi connectivity index (χ3v) is 4.41. The Balaban J connectivity index is 1.69. The number of nitrogens with two attached hydrogens (primary N) is 1. The van der Waals surface area contributed by atoms with E-state index in [1.807, 2.05) is 0 Å².